The van der Waals surface area contributed by atoms with Crippen molar-refractivity contribution < 1.29 is 9.59 Å². The van der Waals surface area contributed by atoms with Gasteiger partial charge in [0.2, 0.25) is 11.8 Å². The summed E-state index contributed by atoms with van der Waals surface area (Å²) in [5.74, 6) is 0.135. The van der Waals surface area contributed by atoms with Crippen LogP contribution in [0.2, 0.25) is 0 Å². The van der Waals surface area contributed by atoms with Gasteiger partial charge < -0.3 is 10.6 Å². The zero-order chi connectivity index (χ0) is 17.0. The highest BCUT2D eigenvalue weighted by Gasteiger charge is 2.41. The lowest BCUT2D eigenvalue weighted by Gasteiger charge is -2.37. The Morgan fingerprint density at radius 2 is 1.58 bits per heavy atom. The molecule has 0 heterocycles. The first-order chi connectivity index (χ1) is 11.6. The fraction of sp³-hybridized carbons (Fsp3) is 0.600. The number of amides is 2. The number of anilines is 1. The number of hydrogen-bond acceptors (Lipinski definition) is 2. The maximum atomic E-state index is 13.2. The molecule has 2 amide bonds. The summed E-state index contributed by atoms with van der Waals surface area (Å²) < 4.78 is 0. The summed E-state index contributed by atoms with van der Waals surface area (Å²) in [6, 6.07) is 8.22. The smallest absolute Gasteiger partial charge is 0.230 e. The van der Waals surface area contributed by atoms with Gasteiger partial charge in [0.25, 0.3) is 0 Å². The summed E-state index contributed by atoms with van der Waals surface area (Å²) in [6.07, 6.45) is 9.94. The quantitative estimate of drug-likeness (QED) is 0.880. The average Bonchev–Trinajstić information content (AvgIpc) is 3.08. The van der Waals surface area contributed by atoms with Crippen LogP contribution in [0.25, 0.3) is 0 Å². The number of carbonyl (C=O) groups excluding carboxylic acids is 2. The van der Waals surface area contributed by atoms with Crippen molar-refractivity contribution in [2.75, 3.05) is 5.32 Å². The number of benzene rings is 1. The minimum atomic E-state index is -0.393. The third-order valence-electron chi connectivity index (χ3n) is 5.59. The Balaban J connectivity index is 1.81. The molecule has 2 saturated carbocycles. The molecule has 1 aromatic carbocycles. The third-order valence-corrected chi connectivity index (χ3v) is 5.59. The Bertz CT molecular complexity index is 582. The maximum absolute atomic E-state index is 13.2. The Kier molecular flexibility index (Phi) is 5.22. The van der Waals surface area contributed by atoms with Gasteiger partial charge in [-0.15, -0.1) is 0 Å². The van der Waals surface area contributed by atoms with Crippen molar-refractivity contribution in [1.29, 1.82) is 0 Å². The van der Waals surface area contributed by atoms with Crippen molar-refractivity contribution in [2.24, 2.45) is 0 Å². The molecule has 2 aliphatic carbocycles. The molecule has 0 atom stereocenters. The maximum Gasteiger partial charge on any atom is 0.230 e. The first kappa shape index (κ1) is 17.0. The van der Waals surface area contributed by atoms with E-state index in [1.165, 1.54) is 26.2 Å². The van der Waals surface area contributed by atoms with Crippen molar-refractivity contribution >= 4 is 17.5 Å². The predicted octanol–water partition coefficient (Wildman–Crippen LogP) is 3.91. The van der Waals surface area contributed by atoms with Gasteiger partial charge in [-0.05, 0) is 43.4 Å². The third kappa shape index (κ3) is 3.63. The summed E-state index contributed by atoms with van der Waals surface area (Å²) in [5, 5.41) is 6.12. The van der Waals surface area contributed by atoms with Gasteiger partial charge in [0.1, 0.15) is 0 Å². The van der Waals surface area contributed by atoms with Crippen LogP contribution in [-0.4, -0.2) is 17.9 Å². The molecule has 130 valence electrons. The van der Waals surface area contributed by atoms with E-state index in [1.54, 1.807) is 0 Å². The zero-order valence-electron chi connectivity index (χ0n) is 14.6. The Hall–Kier alpha value is -1.84. The number of carbonyl (C=O) groups is 2. The molecule has 0 radical (unpaired) electrons. The molecule has 4 nitrogen and oxygen atoms in total. The van der Waals surface area contributed by atoms with Gasteiger partial charge in [-0.3, -0.25) is 9.59 Å². The van der Waals surface area contributed by atoms with Crippen molar-refractivity contribution in [2.45, 2.75) is 76.2 Å². The van der Waals surface area contributed by atoms with Gasteiger partial charge in [0.15, 0.2) is 0 Å². The fourth-order valence-corrected chi connectivity index (χ4v) is 4.27. The van der Waals surface area contributed by atoms with Crippen LogP contribution >= 0.6 is 0 Å². The molecule has 0 bridgehead atoms. The molecule has 0 saturated heterocycles. The van der Waals surface area contributed by atoms with Gasteiger partial charge >= 0.3 is 0 Å². The van der Waals surface area contributed by atoms with Gasteiger partial charge in [-0.1, -0.05) is 44.2 Å². The molecule has 0 aromatic heterocycles. The molecular formula is C20H28N2O2. The van der Waals surface area contributed by atoms with E-state index in [4.69, 9.17) is 0 Å². The fourth-order valence-electron chi connectivity index (χ4n) is 4.27. The summed E-state index contributed by atoms with van der Waals surface area (Å²) >= 11 is 0. The lowest BCUT2D eigenvalue weighted by Crippen LogP contribution is -2.48. The van der Waals surface area contributed by atoms with Crippen LogP contribution in [0.5, 0.6) is 0 Å². The van der Waals surface area contributed by atoms with E-state index < -0.39 is 5.41 Å². The summed E-state index contributed by atoms with van der Waals surface area (Å²) in [6.45, 7) is 1.51. The molecule has 2 fully saturated rings. The van der Waals surface area contributed by atoms with Gasteiger partial charge in [0, 0.05) is 18.7 Å². The molecular weight excluding hydrogens is 300 g/mol. The van der Waals surface area contributed by atoms with E-state index in [2.05, 4.69) is 10.6 Å². The number of rotatable bonds is 4. The second-order valence-electron chi connectivity index (χ2n) is 7.36. The van der Waals surface area contributed by atoms with Crippen LogP contribution in [0.3, 0.4) is 0 Å². The minimum Gasteiger partial charge on any atom is -0.353 e. The minimum absolute atomic E-state index is 0.0749. The topological polar surface area (TPSA) is 58.2 Å². The second kappa shape index (κ2) is 7.37. The van der Waals surface area contributed by atoms with E-state index in [0.717, 1.165) is 49.8 Å². The van der Waals surface area contributed by atoms with Crippen LogP contribution < -0.4 is 10.6 Å². The van der Waals surface area contributed by atoms with Gasteiger partial charge in [-0.2, -0.15) is 0 Å². The largest absolute Gasteiger partial charge is 0.353 e. The lowest BCUT2D eigenvalue weighted by atomic mass is 9.68. The van der Waals surface area contributed by atoms with E-state index in [1.807, 2.05) is 24.3 Å². The van der Waals surface area contributed by atoms with Crippen LogP contribution in [0.4, 0.5) is 5.69 Å². The molecule has 0 aliphatic heterocycles. The highest BCUT2D eigenvalue weighted by molar-refractivity contribution is 5.90. The molecule has 4 heteroatoms. The van der Waals surface area contributed by atoms with E-state index in [-0.39, 0.29) is 11.8 Å². The van der Waals surface area contributed by atoms with Crippen LogP contribution in [-0.2, 0) is 15.0 Å². The molecule has 24 heavy (non-hydrogen) atoms. The number of hydrogen-bond donors (Lipinski definition) is 2. The van der Waals surface area contributed by atoms with Crippen molar-refractivity contribution in [3.05, 3.63) is 29.8 Å². The molecule has 3 rings (SSSR count). The molecule has 0 spiro atoms. The molecule has 0 unspecified atom stereocenters. The van der Waals surface area contributed by atoms with E-state index in [9.17, 15) is 9.59 Å². The van der Waals surface area contributed by atoms with E-state index in [0.29, 0.717) is 6.04 Å². The standard InChI is InChI=1S/C20H28N2O2/c1-15(23)21-18-11-9-16(10-12-18)20(13-5-2-6-14-20)19(24)22-17-7-3-4-8-17/h9-12,17H,2-8,13-14H2,1H3,(H,21,23)(H,22,24). The van der Waals surface area contributed by atoms with Crippen LogP contribution in [0.15, 0.2) is 24.3 Å². The summed E-state index contributed by atoms with van der Waals surface area (Å²) in [5.41, 5.74) is 1.48. The monoisotopic (exact) mass is 328 g/mol. The Morgan fingerprint density at radius 1 is 0.958 bits per heavy atom. The van der Waals surface area contributed by atoms with Crippen molar-refractivity contribution in [1.82, 2.24) is 5.32 Å². The first-order valence-corrected chi connectivity index (χ1v) is 9.29. The summed E-state index contributed by atoms with van der Waals surface area (Å²) in [4.78, 5) is 24.3. The predicted molar refractivity (Wildman–Crippen MR) is 95.9 cm³/mol. The first-order valence-electron chi connectivity index (χ1n) is 9.29. The SMILES string of the molecule is CC(=O)Nc1ccc(C2(C(=O)NC3CCCC3)CCCCC2)cc1. The van der Waals surface area contributed by atoms with Crippen molar-refractivity contribution in [3.63, 3.8) is 0 Å². The lowest BCUT2D eigenvalue weighted by molar-refractivity contribution is -0.128. The Morgan fingerprint density at radius 3 is 2.17 bits per heavy atom. The van der Waals surface area contributed by atoms with Crippen LogP contribution in [0.1, 0.15) is 70.3 Å². The summed E-state index contributed by atoms with van der Waals surface area (Å²) in [7, 11) is 0. The zero-order valence-corrected chi connectivity index (χ0v) is 14.6. The van der Waals surface area contributed by atoms with Gasteiger partial charge in [-0.25, -0.2) is 0 Å². The molecule has 1 aromatic rings. The van der Waals surface area contributed by atoms with Crippen molar-refractivity contribution in [3.8, 4) is 0 Å². The highest BCUT2D eigenvalue weighted by atomic mass is 16.2. The van der Waals surface area contributed by atoms with E-state index >= 15 is 0 Å². The van der Waals surface area contributed by atoms with Gasteiger partial charge in [0.05, 0.1) is 5.41 Å². The average molecular weight is 328 g/mol. The van der Waals surface area contributed by atoms with Crippen LogP contribution in [0, 0.1) is 0 Å². The number of nitrogens with one attached hydrogen (secondary N) is 2. The highest BCUT2D eigenvalue weighted by Crippen LogP contribution is 2.40. The Labute approximate surface area is 144 Å². The second-order valence-corrected chi connectivity index (χ2v) is 7.36. The normalized spacial score (nSPS) is 20.5. The molecule has 2 N–H and O–H groups in total. The molecule has 2 aliphatic rings.